The van der Waals surface area contributed by atoms with Crippen LogP contribution in [0.3, 0.4) is 0 Å². The van der Waals surface area contributed by atoms with Gasteiger partial charge in [0.1, 0.15) is 5.69 Å². The average Bonchev–Trinajstić information content (AvgIpc) is 3.16. The predicted octanol–water partition coefficient (Wildman–Crippen LogP) is 1.50. The Bertz CT molecular complexity index is 431. The van der Waals surface area contributed by atoms with Crippen molar-refractivity contribution in [1.82, 2.24) is 20.0 Å². The second-order valence-corrected chi connectivity index (χ2v) is 5.52. The molecule has 5 heteroatoms. The van der Waals surface area contributed by atoms with Gasteiger partial charge in [-0.2, -0.15) is 5.10 Å². The number of nitrogens with zero attached hydrogens (tertiary/aromatic N) is 3. The van der Waals surface area contributed by atoms with E-state index in [1.807, 2.05) is 0 Å². The van der Waals surface area contributed by atoms with Crippen molar-refractivity contribution in [3.63, 3.8) is 0 Å². The molecule has 0 bridgehead atoms. The smallest absolute Gasteiger partial charge is 0.272 e. The van der Waals surface area contributed by atoms with E-state index in [1.165, 1.54) is 19.4 Å². The Balaban J connectivity index is 1.76. The molecule has 1 aromatic rings. The Kier molecular flexibility index (Phi) is 3.55. The van der Waals surface area contributed by atoms with Crippen molar-refractivity contribution in [2.24, 2.45) is 0 Å². The molecule has 0 radical (unpaired) electrons. The summed E-state index contributed by atoms with van der Waals surface area (Å²) in [7, 11) is 0. The van der Waals surface area contributed by atoms with E-state index in [4.69, 9.17) is 0 Å². The molecule has 2 aliphatic rings. The van der Waals surface area contributed by atoms with E-state index in [-0.39, 0.29) is 5.91 Å². The highest BCUT2D eigenvalue weighted by Gasteiger charge is 2.39. The fourth-order valence-corrected chi connectivity index (χ4v) is 3.65. The quantitative estimate of drug-likeness (QED) is 0.898. The number of amides is 1. The van der Waals surface area contributed by atoms with Gasteiger partial charge in [-0.3, -0.25) is 14.8 Å². The summed E-state index contributed by atoms with van der Waals surface area (Å²) in [6.45, 7) is 5.38. The van der Waals surface area contributed by atoms with E-state index in [1.54, 1.807) is 12.3 Å². The number of nitrogens with one attached hydrogen (secondary N) is 1. The van der Waals surface area contributed by atoms with Crippen LogP contribution in [0.15, 0.2) is 12.3 Å². The molecule has 2 aliphatic heterocycles. The van der Waals surface area contributed by atoms with E-state index in [9.17, 15) is 4.79 Å². The van der Waals surface area contributed by atoms with Crippen LogP contribution in [0.2, 0.25) is 0 Å². The number of rotatable bonds is 3. The first-order valence-electron chi connectivity index (χ1n) is 7.35. The Labute approximate surface area is 114 Å². The Hall–Kier alpha value is -1.36. The number of carbonyl (C=O) groups excluding carboxylic acids is 1. The van der Waals surface area contributed by atoms with Gasteiger partial charge in [0, 0.05) is 24.8 Å². The average molecular weight is 262 g/mol. The minimum absolute atomic E-state index is 0.114. The van der Waals surface area contributed by atoms with E-state index in [0.717, 1.165) is 25.9 Å². The van der Waals surface area contributed by atoms with Crippen LogP contribution in [0.5, 0.6) is 0 Å². The van der Waals surface area contributed by atoms with E-state index >= 15 is 0 Å². The van der Waals surface area contributed by atoms with Crippen molar-refractivity contribution in [3.8, 4) is 0 Å². The number of H-pyrrole nitrogens is 1. The number of likely N-dealkylation sites (N-methyl/N-ethyl adjacent to an activating group) is 1. The van der Waals surface area contributed by atoms with Crippen LogP contribution in [0.25, 0.3) is 0 Å². The first kappa shape index (κ1) is 12.7. The Morgan fingerprint density at radius 2 is 2.16 bits per heavy atom. The first-order chi connectivity index (χ1) is 9.31. The van der Waals surface area contributed by atoms with Gasteiger partial charge in [-0.1, -0.05) is 6.92 Å². The summed E-state index contributed by atoms with van der Waals surface area (Å²) in [5.74, 6) is 0.114. The summed E-state index contributed by atoms with van der Waals surface area (Å²) in [4.78, 5) is 17.1. The second-order valence-electron chi connectivity index (χ2n) is 5.52. The number of likely N-dealkylation sites (tertiary alicyclic amines) is 2. The minimum atomic E-state index is 0.114. The summed E-state index contributed by atoms with van der Waals surface area (Å²) >= 11 is 0. The number of carbonyl (C=O) groups is 1. The van der Waals surface area contributed by atoms with E-state index in [0.29, 0.717) is 17.8 Å². The van der Waals surface area contributed by atoms with Crippen molar-refractivity contribution in [1.29, 1.82) is 0 Å². The van der Waals surface area contributed by atoms with Crippen molar-refractivity contribution in [3.05, 3.63) is 18.0 Å². The van der Waals surface area contributed by atoms with Gasteiger partial charge in [0.05, 0.1) is 0 Å². The zero-order chi connectivity index (χ0) is 13.2. The Morgan fingerprint density at radius 3 is 2.89 bits per heavy atom. The third kappa shape index (κ3) is 2.27. The third-order valence-corrected chi connectivity index (χ3v) is 4.56. The third-order valence-electron chi connectivity index (χ3n) is 4.56. The van der Waals surface area contributed by atoms with Crippen LogP contribution >= 0.6 is 0 Å². The highest BCUT2D eigenvalue weighted by atomic mass is 16.2. The summed E-state index contributed by atoms with van der Waals surface area (Å²) in [5, 5.41) is 6.68. The second kappa shape index (κ2) is 5.33. The molecule has 1 N–H and O–H groups in total. The molecule has 0 aliphatic carbocycles. The van der Waals surface area contributed by atoms with Crippen LogP contribution < -0.4 is 0 Å². The predicted molar refractivity (Wildman–Crippen MR) is 72.9 cm³/mol. The topological polar surface area (TPSA) is 52.2 Å². The standard InChI is InChI=1S/C14H22N4O/c1-2-17-9-3-5-12(17)13-6-4-10-18(13)14(19)11-7-8-15-16-11/h7-8,12-13H,2-6,9-10H2,1H3,(H,15,16)/t12-,13-/m0/s1. The molecule has 0 unspecified atom stereocenters. The molecule has 1 amide bonds. The van der Waals surface area contributed by atoms with Gasteiger partial charge >= 0.3 is 0 Å². The number of hydrogen-bond donors (Lipinski definition) is 1. The van der Waals surface area contributed by atoms with Gasteiger partial charge in [0.25, 0.3) is 5.91 Å². The maximum Gasteiger partial charge on any atom is 0.272 e. The highest BCUT2D eigenvalue weighted by molar-refractivity contribution is 5.92. The van der Waals surface area contributed by atoms with Crippen molar-refractivity contribution in [2.45, 2.75) is 44.7 Å². The molecule has 19 heavy (non-hydrogen) atoms. The van der Waals surface area contributed by atoms with Gasteiger partial charge < -0.3 is 4.90 Å². The van der Waals surface area contributed by atoms with Gasteiger partial charge in [-0.15, -0.1) is 0 Å². The van der Waals surface area contributed by atoms with Crippen LogP contribution in [-0.2, 0) is 0 Å². The molecule has 3 rings (SSSR count). The van der Waals surface area contributed by atoms with Crippen LogP contribution in [0.1, 0.15) is 43.1 Å². The molecule has 3 heterocycles. The molecule has 2 atom stereocenters. The molecular formula is C14H22N4O. The fourth-order valence-electron chi connectivity index (χ4n) is 3.65. The zero-order valence-corrected chi connectivity index (χ0v) is 11.5. The Morgan fingerprint density at radius 1 is 1.37 bits per heavy atom. The molecule has 104 valence electrons. The largest absolute Gasteiger partial charge is 0.333 e. The summed E-state index contributed by atoms with van der Waals surface area (Å²) in [6, 6.07) is 2.71. The van der Waals surface area contributed by atoms with Gasteiger partial charge in [0.15, 0.2) is 0 Å². The van der Waals surface area contributed by atoms with Gasteiger partial charge in [-0.25, -0.2) is 0 Å². The lowest BCUT2D eigenvalue weighted by atomic mass is 10.0. The molecule has 2 fully saturated rings. The molecule has 5 nitrogen and oxygen atoms in total. The van der Waals surface area contributed by atoms with Crippen molar-refractivity contribution in [2.75, 3.05) is 19.6 Å². The summed E-state index contributed by atoms with van der Waals surface area (Å²) in [6.07, 6.45) is 6.40. The molecule has 0 spiro atoms. The lowest BCUT2D eigenvalue weighted by Crippen LogP contribution is -2.48. The van der Waals surface area contributed by atoms with Gasteiger partial charge in [-0.05, 0) is 44.8 Å². The van der Waals surface area contributed by atoms with Crippen molar-refractivity contribution >= 4 is 5.91 Å². The molecule has 0 saturated carbocycles. The number of aromatic amines is 1. The van der Waals surface area contributed by atoms with Gasteiger partial charge in [0.2, 0.25) is 0 Å². The SMILES string of the molecule is CCN1CCC[C@H]1[C@@H]1CCCN1C(=O)c1ccn[nH]1. The molecule has 0 aromatic carbocycles. The zero-order valence-electron chi connectivity index (χ0n) is 11.5. The normalized spacial score (nSPS) is 28.2. The maximum absolute atomic E-state index is 12.5. The fraction of sp³-hybridized carbons (Fsp3) is 0.714. The number of aromatic nitrogens is 2. The first-order valence-corrected chi connectivity index (χ1v) is 7.35. The summed E-state index contributed by atoms with van der Waals surface area (Å²) < 4.78 is 0. The lowest BCUT2D eigenvalue weighted by Gasteiger charge is -2.34. The maximum atomic E-state index is 12.5. The van der Waals surface area contributed by atoms with Crippen molar-refractivity contribution < 1.29 is 4.79 Å². The van der Waals surface area contributed by atoms with Crippen LogP contribution in [0, 0.1) is 0 Å². The molecule has 2 saturated heterocycles. The van der Waals surface area contributed by atoms with Crippen LogP contribution in [0.4, 0.5) is 0 Å². The summed E-state index contributed by atoms with van der Waals surface area (Å²) in [5.41, 5.74) is 0.618. The van der Waals surface area contributed by atoms with Crippen LogP contribution in [-0.4, -0.2) is 57.6 Å². The molecular weight excluding hydrogens is 240 g/mol. The lowest BCUT2D eigenvalue weighted by molar-refractivity contribution is 0.0644. The van der Waals surface area contributed by atoms with E-state index < -0.39 is 0 Å². The number of hydrogen-bond acceptors (Lipinski definition) is 3. The minimum Gasteiger partial charge on any atom is -0.333 e. The monoisotopic (exact) mass is 262 g/mol. The molecule has 1 aromatic heterocycles. The highest BCUT2D eigenvalue weighted by Crippen LogP contribution is 2.30. The van der Waals surface area contributed by atoms with E-state index in [2.05, 4.69) is 26.9 Å².